The summed E-state index contributed by atoms with van der Waals surface area (Å²) >= 11 is 0. The molecule has 2 aromatic heterocycles. The highest BCUT2D eigenvalue weighted by Gasteiger charge is 2.50. The minimum atomic E-state index is -5.08. The van der Waals surface area contributed by atoms with Gasteiger partial charge >= 0.3 is 12.1 Å². The standard InChI is InChI=1S/C18H20N4O3.C2HF3O2/c1-13-2-3-14(9-21-13)17(23)22-11-18(12-22)8-15(4-7-24-18)25-16-10-19-5-6-20-16;3-2(4,5)1(6)7/h2-3,5-6,9-10,15H,4,7-8,11-12H2,1H3;(H,6,7). The van der Waals surface area contributed by atoms with E-state index in [9.17, 15) is 18.0 Å². The number of amides is 1. The second kappa shape index (κ2) is 9.47. The third-order valence-corrected chi connectivity index (χ3v) is 4.92. The number of ether oxygens (including phenoxy) is 2. The van der Waals surface area contributed by atoms with E-state index in [1.54, 1.807) is 29.7 Å². The number of carbonyl (C=O) groups excluding carboxylic acids is 1. The lowest BCUT2D eigenvalue weighted by Gasteiger charge is -2.52. The van der Waals surface area contributed by atoms with Gasteiger partial charge in [-0.25, -0.2) is 9.78 Å². The zero-order chi connectivity index (χ0) is 23.4. The lowest BCUT2D eigenvalue weighted by atomic mass is 9.84. The second-order valence-corrected chi connectivity index (χ2v) is 7.46. The Morgan fingerprint density at radius 1 is 1.22 bits per heavy atom. The van der Waals surface area contributed by atoms with Gasteiger partial charge in [-0.05, 0) is 19.1 Å². The molecule has 2 saturated heterocycles. The van der Waals surface area contributed by atoms with E-state index in [4.69, 9.17) is 19.4 Å². The highest BCUT2D eigenvalue weighted by atomic mass is 19.4. The van der Waals surface area contributed by atoms with Gasteiger partial charge in [0.1, 0.15) is 11.7 Å². The molecule has 0 radical (unpaired) electrons. The number of aromatic nitrogens is 3. The fourth-order valence-corrected chi connectivity index (χ4v) is 3.39. The summed E-state index contributed by atoms with van der Waals surface area (Å²) in [6.45, 7) is 3.69. The molecule has 172 valence electrons. The molecular weight excluding hydrogens is 433 g/mol. The molecule has 0 aromatic carbocycles. The minimum Gasteiger partial charge on any atom is -0.475 e. The van der Waals surface area contributed by atoms with Crippen molar-refractivity contribution in [3.63, 3.8) is 0 Å². The summed E-state index contributed by atoms with van der Waals surface area (Å²) in [6.07, 6.45) is 2.99. The van der Waals surface area contributed by atoms with Gasteiger partial charge in [0.2, 0.25) is 5.88 Å². The topological polar surface area (TPSA) is 115 Å². The van der Waals surface area contributed by atoms with Crippen molar-refractivity contribution in [1.82, 2.24) is 19.9 Å². The van der Waals surface area contributed by atoms with Crippen LogP contribution in [0.4, 0.5) is 13.2 Å². The van der Waals surface area contributed by atoms with Crippen LogP contribution < -0.4 is 4.74 Å². The van der Waals surface area contributed by atoms with E-state index < -0.39 is 12.1 Å². The number of carboxylic acids is 1. The first kappa shape index (κ1) is 23.4. The SMILES string of the molecule is Cc1ccc(C(=O)N2CC3(CC(Oc4cnccn4)CCO3)C2)cn1.O=C(O)C(F)(F)F. The molecule has 4 heterocycles. The van der Waals surface area contributed by atoms with Crippen LogP contribution in [-0.2, 0) is 9.53 Å². The molecule has 9 nitrogen and oxygen atoms in total. The molecule has 0 bridgehead atoms. The van der Waals surface area contributed by atoms with Crippen molar-refractivity contribution in [1.29, 1.82) is 0 Å². The van der Waals surface area contributed by atoms with Gasteiger partial charge < -0.3 is 19.5 Å². The number of likely N-dealkylation sites (tertiary alicyclic amines) is 1. The van der Waals surface area contributed by atoms with Crippen LogP contribution in [0.5, 0.6) is 5.88 Å². The molecule has 0 saturated carbocycles. The van der Waals surface area contributed by atoms with Crippen molar-refractivity contribution >= 4 is 11.9 Å². The van der Waals surface area contributed by atoms with Gasteiger partial charge in [0.15, 0.2) is 0 Å². The number of carbonyl (C=O) groups is 2. The quantitative estimate of drug-likeness (QED) is 0.751. The van der Waals surface area contributed by atoms with E-state index in [1.165, 1.54) is 0 Å². The molecule has 2 aliphatic rings. The number of aliphatic carboxylic acids is 1. The molecule has 1 amide bonds. The van der Waals surface area contributed by atoms with Crippen LogP contribution in [0.2, 0.25) is 0 Å². The van der Waals surface area contributed by atoms with E-state index in [0.717, 1.165) is 18.5 Å². The van der Waals surface area contributed by atoms with Crippen molar-refractivity contribution < 1.29 is 37.3 Å². The van der Waals surface area contributed by atoms with Gasteiger partial charge in [0.05, 0.1) is 31.5 Å². The molecule has 0 aliphatic carbocycles. The third kappa shape index (κ3) is 5.90. The Labute approximate surface area is 181 Å². The summed E-state index contributed by atoms with van der Waals surface area (Å²) in [5.74, 6) is -2.23. The molecule has 32 heavy (non-hydrogen) atoms. The zero-order valence-corrected chi connectivity index (χ0v) is 17.1. The molecule has 1 N–H and O–H groups in total. The summed E-state index contributed by atoms with van der Waals surface area (Å²) in [4.78, 5) is 35.6. The third-order valence-electron chi connectivity index (χ3n) is 4.92. The summed E-state index contributed by atoms with van der Waals surface area (Å²) in [6, 6.07) is 3.67. The zero-order valence-electron chi connectivity index (χ0n) is 17.1. The molecule has 1 spiro atoms. The number of halogens is 3. The van der Waals surface area contributed by atoms with Gasteiger partial charge in [0.25, 0.3) is 5.91 Å². The first-order valence-electron chi connectivity index (χ1n) is 9.67. The molecule has 2 fully saturated rings. The van der Waals surface area contributed by atoms with Crippen LogP contribution in [0.3, 0.4) is 0 Å². The average molecular weight is 454 g/mol. The molecule has 2 aliphatic heterocycles. The second-order valence-electron chi connectivity index (χ2n) is 7.46. The number of pyridine rings is 1. The fraction of sp³-hybridized carbons (Fsp3) is 0.450. The number of aryl methyl sites for hydroxylation is 1. The average Bonchev–Trinajstić information content (AvgIpc) is 2.73. The number of hydrogen-bond donors (Lipinski definition) is 1. The molecule has 1 atom stereocenters. The summed E-state index contributed by atoms with van der Waals surface area (Å²) in [5.41, 5.74) is 1.21. The van der Waals surface area contributed by atoms with Crippen LogP contribution in [0.15, 0.2) is 36.9 Å². The van der Waals surface area contributed by atoms with Gasteiger partial charge in [-0.1, -0.05) is 0 Å². The van der Waals surface area contributed by atoms with E-state index >= 15 is 0 Å². The van der Waals surface area contributed by atoms with Crippen LogP contribution in [-0.4, -0.2) is 74.4 Å². The number of hydrogen-bond acceptors (Lipinski definition) is 7. The molecule has 1 unspecified atom stereocenters. The first-order chi connectivity index (χ1) is 15.1. The normalized spacial score (nSPS) is 19.4. The largest absolute Gasteiger partial charge is 0.490 e. The van der Waals surface area contributed by atoms with E-state index in [-0.39, 0.29) is 17.6 Å². The van der Waals surface area contributed by atoms with Gasteiger partial charge in [-0.2, -0.15) is 13.2 Å². The maximum Gasteiger partial charge on any atom is 0.490 e. The Kier molecular flexibility index (Phi) is 6.92. The van der Waals surface area contributed by atoms with Crippen LogP contribution in [0, 0.1) is 6.92 Å². The van der Waals surface area contributed by atoms with Gasteiger partial charge in [0, 0.05) is 37.1 Å². The Morgan fingerprint density at radius 2 is 1.94 bits per heavy atom. The lowest BCUT2D eigenvalue weighted by Crippen LogP contribution is -2.67. The van der Waals surface area contributed by atoms with Crippen molar-refractivity contribution in [3.8, 4) is 5.88 Å². The number of alkyl halides is 3. The molecule has 2 aromatic rings. The van der Waals surface area contributed by atoms with Crippen LogP contribution in [0.25, 0.3) is 0 Å². The van der Waals surface area contributed by atoms with E-state index in [2.05, 4.69) is 15.0 Å². The highest BCUT2D eigenvalue weighted by Crippen LogP contribution is 2.36. The van der Waals surface area contributed by atoms with Crippen molar-refractivity contribution in [2.24, 2.45) is 0 Å². The van der Waals surface area contributed by atoms with Gasteiger partial charge in [-0.15, -0.1) is 0 Å². The Hall–Kier alpha value is -3.28. The maximum absolute atomic E-state index is 12.5. The maximum atomic E-state index is 12.5. The number of rotatable bonds is 3. The summed E-state index contributed by atoms with van der Waals surface area (Å²) in [7, 11) is 0. The Balaban J connectivity index is 0.000000360. The lowest BCUT2D eigenvalue weighted by molar-refractivity contribution is -0.192. The monoisotopic (exact) mass is 454 g/mol. The number of carboxylic acid groups (broad SMARTS) is 1. The molecular formula is C20H21F3N4O5. The molecule has 4 rings (SSSR count). The molecule has 12 heteroatoms. The Bertz CT molecular complexity index is 935. The van der Waals surface area contributed by atoms with E-state index in [0.29, 0.717) is 31.1 Å². The predicted octanol–water partition coefficient (Wildman–Crippen LogP) is 2.27. The first-order valence-corrected chi connectivity index (χ1v) is 9.67. The summed E-state index contributed by atoms with van der Waals surface area (Å²) < 4.78 is 43.6. The summed E-state index contributed by atoms with van der Waals surface area (Å²) in [5, 5.41) is 7.12. The van der Waals surface area contributed by atoms with Gasteiger partial charge in [-0.3, -0.25) is 14.8 Å². The smallest absolute Gasteiger partial charge is 0.475 e. The Morgan fingerprint density at radius 3 is 2.50 bits per heavy atom. The highest BCUT2D eigenvalue weighted by molar-refractivity contribution is 5.94. The van der Waals surface area contributed by atoms with Crippen molar-refractivity contribution in [2.75, 3.05) is 19.7 Å². The predicted molar refractivity (Wildman–Crippen MR) is 103 cm³/mol. The van der Waals surface area contributed by atoms with Crippen molar-refractivity contribution in [2.45, 2.75) is 37.6 Å². The fourth-order valence-electron chi connectivity index (χ4n) is 3.39. The van der Waals surface area contributed by atoms with Crippen LogP contribution >= 0.6 is 0 Å². The number of nitrogens with zero attached hydrogens (tertiary/aromatic N) is 4. The van der Waals surface area contributed by atoms with Crippen LogP contribution in [0.1, 0.15) is 28.9 Å². The van der Waals surface area contributed by atoms with Crippen molar-refractivity contribution in [3.05, 3.63) is 48.2 Å². The van der Waals surface area contributed by atoms with E-state index in [1.807, 2.05) is 19.1 Å². The minimum absolute atomic E-state index is 0.00121.